The molecular formula is C20H28F4N4O4. The quantitative estimate of drug-likeness (QED) is 0.438. The molecule has 1 aliphatic heterocycles. The van der Waals surface area contributed by atoms with E-state index < -0.39 is 48.7 Å². The maximum Gasteiger partial charge on any atom is 0.407 e. The van der Waals surface area contributed by atoms with Crippen molar-refractivity contribution in [3.05, 3.63) is 29.6 Å². The van der Waals surface area contributed by atoms with Crippen LogP contribution in [0.4, 0.5) is 28.0 Å². The molecule has 0 radical (unpaired) electrons. The van der Waals surface area contributed by atoms with E-state index in [2.05, 4.69) is 10.6 Å². The third-order valence-electron chi connectivity index (χ3n) is 4.92. The van der Waals surface area contributed by atoms with E-state index in [-0.39, 0.29) is 12.7 Å². The number of nitrogens with one attached hydrogen (secondary N) is 3. The zero-order chi connectivity index (χ0) is 23.9. The van der Waals surface area contributed by atoms with Gasteiger partial charge in [-0.1, -0.05) is 6.07 Å². The van der Waals surface area contributed by atoms with E-state index in [1.807, 2.05) is 0 Å². The fourth-order valence-corrected chi connectivity index (χ4v) is 3.13. The van der Waals surface area contributed by atoms with Crippen LogP contribution in [0.2, 0.25) is 0 Å². The Kier molecular flexibility index (Phi) is 9.22. The normalized spacial score (nSPS) is 22.2. The molecule has 1 heterocycles. The Morgan fingerprint density at radius 1 is 1.38 bits per heavy atom. The van der Waals surface area contributed by atoms with Crippen LogP contribution in [0, 0.1) is 5.82 Å². The van der Waals surface area contributed by atoms with Gasteiger partial charge in [0.15, 0.2) is 0 Å². The van der Waals surface area contributed by atoms with Crippen LogP contribution in [0.3, 0.4) is 0 Å². The van der Waals surface area contributed by atoms with Crippen molar-refractivity contribution in [2.75, 3.05) is 25.0 Å². The number of alkyl carbamates (subject to hydrolysis) is 1. The molecule has 32 heavy (non-hydrogen) atoms. The summed E-state index contributed by atoms with van der Waals surface area (Å²) in [6, 6.07) is 3.24. The number of halogens is 4. The number of anilines is 1. The highest BCUT2D eigenvalue weighted by Gasteiger charge is 2.31. The lowest BCUT2D eigenvalue weighted by atomic mass is 10.0. The first-order chi connectivity index (χ1) is 15.0. The fraction of sp³-hybridized carbons (Fsp3) is 0.600. The average Bonchev–Trinajstić information content (AvgIpc) is 2.70. The molecule has 1 aromatic carbocycles. The molecular weight excluding hydrogens is 436 g/mol. The Hall–Kier alpha value is -2.44. The maximum atomic E-state index is 14.3. The monoisotopic (exact) mass is 464 g/mol. The molecule has 1 aromatic rings. The number of carbonyl (C=O) groups excluding carboxylic acids is 2. The van der Waals surface area contributed by atoms with E-state index in [0.717, 1.165) is 0 Å². The lowest BCUT2D eigenvalue weighted by Gasteiger charge is -2.35. The van der Waals surface area contributed by atoms with E-state index in [0.29, 0.717) is 30.6 Å². The Bertz CT molecular complexity index is 791. The smallest absolute Gasteiger partial charge is 0.407 e. The highest BCUT2D eigenvalue weighted by molar-refractivity contribution is 5.95. The van der Waals surface area contributed by atoms with Gasteiger partial charge in [0.25, 0.3) is 0 Å². The van der Waals surface area contributed by atoms with Crippen LogP contribution in [0.5, 0.6) is 0 Å². The summed E-state index contributed by atoms with van der Waals surface area (Å²) in [5.74, 6) is -0.886. The first-order valence-electron chi connectivity index (χ1n) is 10.2. The summed E-state index contributed by atoms with van der Waals surface area (Å²) >= 11 is 0. The van der Waals surface area contributed by atoms with Crippen molar-refractivity contribution >= 4 is 17.7 Å². The Morgan fingerprint density at radius 3 is 2.72 bits per heavy atom. The van der Waals surface area contributed by atoms with Crippen LogP contribution in [0.15, 0.2) is 18.2 Å². The highest BCUT2D eigenvalue weighted by Crippen LogP contribution is 2.23. The van der Waals surface area contributed by atoms with Gasteiger partial charge in [0.2, 0.25) is 5.91 Å². The third-order valence-corrected chi connectivity index (χ3v) is 4.92. The standard InChI is InChI=1S/C20H28F4N4O4/c1-11(25)18(29)28-16-5-3-4-15(21)14(16)7-6-13-8-26-17(12(2)32-13)9-31-19(30)27-10-20(22,23)24/h3-5,11-13,17,26H,6-10,25H2,1-2H3,(H,27,30)(H,28,29)/t11-,12+,13+,17+/m0/s1. The van der Waals surface area contributed by atoms with Crippen molar-refractivity contribution in [1.82, 2.24) is 10.6 Å². The fourth-order valence-electron chi connectivity index (χ4n) is 3.13. The second-order valence-corrected chi connectivity index (χ2v) is 7.63. The SMILES string of the molecule is C[C@H](N)C(=O)Nc1cccc(F)c1CC[C@@H]1CN[C@H](COC(=O)NCC(F)(F)F)[C@@H](C)O1. The van der Waals surface area contributed by atoms with Crippen LogP contribution in [0.25, 0.3) is 0 Å². The molecule has 5 N–H and O–H groups in total. The molecule has 8 nitrogen and oxygen atoms in total. The van der Waals surface area contributed by atoms with Gasteiger partial charge in [-0.25, -0.2) is 9.18 Å². The maximum absolute atomic E-state index is 14.3. The van der Waals surface area contributed by atoms with Gasteiger partial charge in [0.1, 0.15) is 19.0 Å². The molecule has 4 atom stereocenters. The Balaban J connectivity index is 1.83. The minimum Gasteiger partial charge on any atom is -0.448 e. The molecule has 2 rings (SSSR count). The summed E-state index contributed by atoms with van der Waals surface area (Å²) in [6.07, 6.45) is -5.63. The molecule has 0 spiro atoms. The number of hydrogen-bond donors (Lipinski definition) is 4. The first-order valence-corrected chi connectivity index (χ1v) is 10.2. The molecule has 0 saturated carbocycles. The number of rotatable bonds is 8. The number of benzene rings is 1. The van der Waals surface area contributed by atoms with Crippen LogP contribution < -0.4 is 21.7 Å². The van der Waals surface area contributed by atoms with Crippen molar-refractivity contribution < 1.29 is 36.6 Å². The van der Waals surface area contributed by atoms with Crippen LogP contribution in [-0.4, -0.2) is 62.2 Å². The number of hydrogen-bond acceptors (Lipinski definition) is 6. The van der Waals surface area contributed by atoms with Crippen molar-refractivity contribution in [2.24, 2.45) is 5.73 Å². The number of ether oxygens (including phenoxy) is 2. The van der Waals surface area contributed by atoms with Crippen LogP contribution in [0.1, 0.15) is 25.8 Å². The van der Waals surface area contributed by atoms with E-state index in [1.165, 1.54) is 19.1 Å². The largest absolute Gasteiger partial charge is 0.448 e. The molecule has 180 valence electrons. The highest BCUT2D eigenvalue weighted by atomic mass is 19.4. The lowest BCUT2D eigenvalue weighted by molar-refractivity contribution is -0.124. The van der Waals surface area contributed by atoms with Gasteiger partial charge in [-0.2, -0.15) is 13.2 Å². The van der Waals surface area contributed by atoms with Gasteiger partial charge in [-0.3, -0.25) is 4.79 Å². The van der Waals surface area contributed by atoms with Crippen molar-refractivity contribution in [1.29, 1.82) is 0 Å². The van der Waals surface area contributed by atoms with Crippen LogP contribution >= 0.6 is 0 Å². The summed E-state index contributed by atoms with van der Waals surface area (Å²) in [6.45, 7) is 1.99. The molecule has 0 unspecified atom stereocenters. The number of nitrogens with two attached hydrogens (primary N) is 1. The molecule has 0 bridgehead atoms. The topological polar surface area (TPSA) is 115 Å². The van der Waals surface area contributed by atoms with Gasteiger partial charge < -0.3 is 31.2 Å². The Morgan fingerprint density at radius 2 is 2.09 bits per heavy atom. The van der Waals surface area contributed by atoms with E-state index in [1.54, 1.807) is 18.3 Å². The molecule has 1 saturated heterocycles. The van der Waals surface area contributed by atoms with Gasteiger partial charge in [-0.15, -0.1) is 0 Å². The number of carbonyl (C=O) groups is 2. The summed E-state index contributed by atoms with van der Waals surface area (Å²) < 4.78 is 61.4. The minimum absolute atomic E-state index is 0.168. The number of morpholine rings is 1. The second kappa shape index (κ2) is 11.4. The average molecular weight is 464 g/mol. The number of alkyl halides is 3. The third kappa shape index (κ3) is 8.24. The number of amides is 2. The van der Waals surface area contributed by atoms with Gasteiger partial charge >= 0.3 is 12.3 Å². The summed E-state index contributed by atoms with van der Waals surface area (Å²) in [4.78, 5) is 23.2. The zero-order valence-electron chi connectivity index (χ0n) is 17.8. The van der Waals surface area contributed by atoms with Gasteiger partial charge in [-0.05, 0) is 38.8 Å². The van der Waals surface area contributed by atoms with E-state index in [4.69, 9.17) is 15.2 Å². The molecule has 0 aliphatic carbocycles. The summed E-state index contributed by atoms with van der Waals surface area (Å²) in [7, 11) is 0. The first kappa shape index (κ1) is 25.8. The predicted molar refractivity (Wildman–Crippen MR) is 109 cm³/mol. The Labute approximate surface area is 183 Å². The van der Waals surface area contributed by atoms with E-state index >= 15 is 0 Å². The minimum atomic E-state index is -4.52. The summed E-state index contributed by atoms with van der Waals surface area (Å²) in [5.41, 5.74) is 6.24. The molecule has 12 heteroatoms. The van der Waals surface area contributed by atoms with Crippen molar-refractivity contribution in [3.63, 3.8) is 0 Å². The summed E-state index contributed by atoms with van der Waals surface area (Å²) in [5, 5.41) is 7.37. The van der Waals surface area contributed by atoms with E-state index in [9.17, 15) is 27.2 Å². The molecule has 0 aromatic heterocycles. The van der Waals surface area contributed by atoms with Gasteiger partial charge in [0, 0.05) is 17.8 Å². The molecule has 1 fully saturated rings. The van der Waals surface area contributed by atoms with Crippen molar-refractivity contribution in [2.45, 2.75) is 57.2 Å². The second-order valence-electron chi connectivity index (χ2n) is 7.63. The zero-order valence-corrected chi connectivity index (χ0v) is 17.8. The predicted octanol–water partition coefficient (Wildman–Crippen LogP) is 2.08. The molecule has 2 amide bonds. The lowest BCUT2D eigenvalue weighted by Crippen LogP contribution is -2.54. The van der Waals surface area contributed by atoms with Crippen molar-refractivity contribution in [3.8, 4) is 0 Å². The van der Waals surface area contributed by atoms with Crippen LogP contribution in [-0.2, 0) is 20.7 Å². The van der Waals surface area contributed by atoms with Gasteiger partial charge in [0.05, 0.1) is 24.3 Å². The molecule has 1 aliphatic rings.